The van der Waals surface area contributed by atoms with E-state index in [1.807, 2.05) is 0 Å². The molecule has 3 heteroatoms. The lowest BCUT2D eigenvalue weighted by Crippen LogP contribution is -2.61. The molecule has 2 saturated heterocycles. The number of benzene rings is 2. The Bertz CT molecular complexity index is 618. The summed E-state index contributed by atoms with van der Waals surface area (Å²) in [5.41, 5.74) is 2.86. The molecule has 0 bridgehead atoms. The molecule has 2 aliphatic heterocycles. The molecule has 2 fully saturated rings. The molecule has 0 aromatic heterocycles. The van der Waals surface area contributed by atoms with Gasteiger partial charge in [-0.2, -0.15) is 0 Å². The van der Waals surface area contributed by atoms with Crippen LogP contribution in [0, 0.1) is 0 Å². The lowest BCUT2D eigenvalue weighted by molar-refractivity contribution is 0.0194. The first-order valence-corrected chi connectivity index (χ1v) is 9.54. The lowest BCUT2D eigenvalue weighted by atomic mass is 9.90. The zero-order chi connectivity index (χ0) is 17.1. The summed E-state index contributed by atoms with van der Waals surface area (Å²) in [5, 5.41) is 0. The van der Waals surface area contributed by atoms with Gasteiger partial charge in [-0.05, 0) is 18.2 Å². The highest BCUT2D eigenvalue weighted by Gasteiger charge is 2.32. The van der Waals surface area contributed by atoms with Crippen LogP contribution in [0.1, 0.15) is 17.0 Å². The zero-order valence-electron chi connectivity index (χ0n) is 15.2. The highest BCUT2D eigenvalue weighted by molar-refractivity contribution is 5.32. The van der Waals surface area contributed by atoms with E-state index in [4.69, 9.17) is 0 Å². The monoisotopic (exact) mass is 335 g/mol. The first kappa shape index (κ1) is 16.8. The predicted octanol–water partition coefficient (Wildman–Crippen LogP) is 2.75. The van der Waals surface area contributed by atoms with Crippen molar-refractivity contribution in [3.05, 3.63) is 71.8 Å². The Morgan fingerprint density at radius 2 is 1.40 bits per heavy atom. The molecule has 1 atom stereocenters. The second kappa shape index (κ2) is 7.69. The summed E-state index contributed by atoms with van der Waals surface area (Å²) in [4.78, 5) is 7.86. The molecule has 2 aliphatic rings. The van der Waals surface area contributed by atoms with Gasteiger partial charge < -0.3 is 4.90 Å². The average molecular weight is 335 g/mol. The number of hydrogen-bond acceptors (Lipinski definition) is 3. The third-order valence-electron chi connectivity index (χ3n) is 5.82. The van der Waals surface area contributed by atoms with Gasteiger partial charge in [-0.15, -0.1) is 0 Å². The van der Waals surface area contributed by atoms with Gasteiger partial charge in [-0.25, -0.2) is 0 Å². The van der Waals surface area contributed by atoms with E-state index in [-0.39, 0.29) is 0 Å². The molecule has 0 radical (unpaired) electrons. The molecular weight excluding hydrogens is 306 g/mol. The van der Waals surface area contributed by atoms with E-state index in [2.05, 4.69) is 82.4 Å². The zero-order valence-corrected chi connectivity index (χ0v) is 15.2. The molecule has 3 nitrogen and oxygen atoms in total. The summed E-state index contributed by atoms with van der Waals surface area (Å²) >= 11 is 0. The van der Waals surface area contributed by atoms with E-state index < -0.39 is 0 Å². The van der Waals surface area contributed by atoms with Gasteiger partial charge in [0.15, 0.2) is 0 Å². The molecule has 0 saturated carbocycles. The van der Waals surface area contributed by atoms with Gasteiger partial charge in [0.05, 0.1) is 0 Å². The third-order valence-corrected chi connectivity index (χ3v) is 5.82. The fourth-order valence-electron chi connectivity index (χ4n) is 4.37. The van der Waals surface area contributed by atoms with E-state index in [1.165, 1.54) is 50.4 Å². The lowest BCUT2D eigenvalue weighted by Gasteiger charge is -2.47. The van der Waals surface area contributed by atoms with Crippen LogP contribution < -0.4 is 0 Å². The quantitative estimate of drug-likeness (QED) is 0.851. The Balaban J connectivity index is 1.51. The van der Waals surface area contributed by atoms with Crippen molar-refractivity contribution < 1.29 is 0 Å². The summed E-state index contributed by atoms with van der Waals surface area (Å²) in [6.07, 6.45) is 0. The van der Waals surface area contributed by atoms with Crippen LogP contribution in [0.15, 0.2) is 60.7 Å². The van der Waals surface area contributed by atoms with Crippen molar-refractivity contribution in [2.45, 2.75) is 12.0 Å². The molecule has 0 aliphatic carbocycles. The minimum Gasteiger partial charge on any atom is -0.303 e. The molecular formula is C22H29N3. The molecule has 0 amide bonds. The van der Waals surface area contributed by atoms with Crippen molar-refractivity contribution >= 4 is 0 Å². The molecule has 25 heavy (non-hydrogen) atoms. The van der Waals surface area contributed by atoms with Gasteiger partial charge in [0.1, 0.15) is 0 Å². The molecule has 2 aromatic rings. The topological polar surface area (TPSA) is 9.72 Å². The van der Waals surface area contributed by atoms with Crippen LogP contribution >= 0.6 is 0 Å². The maximum Gasteiger partial charge on any atom is 0.0351 e. The molecule has 2 aromatic carbocycles. The van der Waals surface area contributed by atoms with Gasteiger partial charge in [-0.3, -0.25) is 9.80 Å². The molecule has 132 valence electrons. The van der Waals surface area contributed by atoms with E-state index in [0.29, 0.717) is 12.0 Å². The number of likely N-dealkylation sites (N-methyl/N-ethyl adjacent to an activating group) is 1. The van der Waals surface area contributed by atoms with Crippen LogP contribution in [0.3, 0.4) is 0 Å². The van der Waals surface area contributed by atoms with Gasteiger partial charge in [0.2, 0.25) is 0 Å². The van der Waals surface area contributed by atoms with Crippen LogP contribution in [0.5, 0.6) is 0 Å². The molecule has 0 N–H and O–H groups in total. The van der Waals surface area contributed by atoms with Crippen molar-refractivity contribution in [3.63, 3.8) is 0 Å². The Kier molecular flexibility index (Phi) is 5.16. The number of rotatable bonds is 4. The highest BCUT2D eigenvalue weighted by Crippen LogP contribution is 2.27. The van der Waals surface area contributed by atoms with Crippen molar-refractivity contribution in [1.29, 1.82) is 0 Å². The summed E-state index contributed by atoms with van der Waals surface area (Å²) in [6, 6.07) is 22.7. The van der Waals surface area contributed by atoms with Gasteiger partial charge in [-0.1, -0.05) is 60.7 Å². The molecule has 0 unspecified atom stereocenters. The summed E-state index contributed by atoms with van der Waals surface area (Å²) in [5.74, 6) is 0.454. The second-order valence-corrected chi connectivity index (χ2v) is 7.59. The van der Waals surface area contributed by atoms with Crippen LogP contribution in [0.4, 0.5) is 0 Å². The summed E-state index contributed by atoms with van der Waals surface area (Å²) in [7, 11) is 2.26. The second-order valence-electron chi connectivity index (χ2n) is 7.59. The highest BCUT2D eigenvalue weighted by atomic mass is 15.3. The Morgan fingerprint density at radius 3 is 2.04 bits per heavy atom. The van der Waals surface area contributed by atoms with Gasteiger partial charge >= 0.3 is 0 Å². The van der Waals surface area contributed by atoms with Crippen molar-refractivity contribution in [1.82, 2.24) is 14.7 Å². The average Bonchev–Trinajstić information content (AvgIpc) is 2.67. The van der Waals surface area contributed by atoms with Crippen molar-refractivity contribution in [2.75, 3.05) is 52.9 Å². The van der Waals surface area contributed by atoms with Crippen molar-refractivity contribution in [3.8, 4) is 0 Å². The van der Waals surface area contributed by atoms with Crippen LogP contribution in [0.25, 0.3) is 0 Å². The summed E-state index contributed by atoms with van der Waals surface area (Å²) < 4.78 is 0. The number of hydrogen-bond donors (Lipinski definition) is 0. The van der Waals surface area contributed by atoms with Crippen LogP contribution in [-0.4, -0.2) is 73.6 Å². The SMILES string of the molecule is CN1CCN2CCN(CC(c3ccccc3)c3ccccc3)C[C@H]2C1. The number of nitrogens with zero attached hydrogens (tertiary/aromatic N) is 3. The maximum atomic E-state index is 2.69. The predicted molar refractivity (Wildman–Crippen MR) is 104 cm³/mol. The minimum atomic E-state index is 0.454. The van der Waals surface area contributed by atoms with Gasteiger partial charge in [0.25, 0.3) is 0 Å². The normalized spacial score (nSPS) is 22.9. The Morgan fingerprint density at radius 1 is 0.800 bits per heavy atom. The summed E-state index contributed by atoms with van der Waals surface area (Å²) in [6.45, 7) is 8.37. The third kappa shape index (κ3) is 3.95. The first-order valence-electron chi connectivity index (χ1n) is 9.54. The fraction of sp³-hybridized carbons (Fsp3) is 0.455. The fourth-order valence-corrected chi connectivity index (χ4v) is 4.37. The number of fused-ring (bicyclic) bond motifs is 1. The van der Waals surface area contributed by atoms with Crippen LogP contribution in [-0.2, 0) is 0 Å². The molecule has 2 heterocycles. The van der Waals surface area contributed by atoms with Gasteiger partial charge in [0, 0.05) is 57.8 Å². The Hall–Kier alpha value is -1.68. The van der Waals surface area contributed by atoms with E-state index in [0.717, 1.165) is 6.54 Å². The standard InChI is InChI=1S/C22H29N3/c1-23-12-14-25-15-13-24(17-21(25)16-23)18-22(19-8-4-2-5-9-19)20-10-6-3-7-11-20/h2-11,21-22H,12-18H2,1H3/t21-/m1/s1. The maximum absolute atomic E-state index is 2.69. The molecule has 0 spiro atoms. The number of piperazine rings is 2. The van der Waals surface area contributed by atoms with Crippen LogP contribution in [0.2, 0.25) is 0 Å². The molecule has 4 rings (SSSR count). The van der Waals surface area contributed by atoms with E-state index >= 15 is 0 Å². The largest absolute Gasteiger partial charge is 0.303 e. The minimum absolute atomic E-state index is 0.454. The van der Waals surface area contributed by atoms with E-state index in [9.17, 15) is 0 Å². The smallest absolute Gasteiger partial charge is 0.0351 e. The van der Waals surface area contributed by atoms with E-state index in [1.54, 1.807) is 0 Å². The first-order chi connectivity index (χ1) is 12.3. The van der Waals surface area contributed by atoms with Crippen molar-refractivity contribution in [2.24, 2.45) is 0 Å². The Labute approximate surface area is 151 Å².